The minimum atomic E-state index is -0.531. The van der Waals surface area contributed by atoms with Gasteiger partial charge in [-0.1, -0.05) is 6.07 Å². The van der Waals surface area contributed by atoms with Crippen LogP contribution in [0.1, 0.15) is 11.3 Å². The summed E-state index contributed by atoms with van der Waals surface area (Å²) in [5.41, 5.74) is 2.71. The van der Waals surface area contributed by atoms with Gasteiger partial charge in [0.15, 0.2) is 0 Å². The maximum Gasteiger partial charge on any atom is 0.135 e. The lowest BCUT2D eigenvalue weighted by atomic mass is 10.1. The molecule has 88 valence electrons. The Morgan fingerprint density at radius 1 is 1.12 bits per heavy atom. The molecular formula is C13H12F2N2. The molecule has 0 saturated carbocycles. The maximum atomic E-state index is 13.6. The zero-order chi connectivity index (χ0) is 11.8. The van der Waals surface area contributed by atoms with Crippen LogP contribution in [0.2, 0.25) is 0 Å². The number of nitrogens with one attached hydrogen (secondary N) is 2. The van der Waals surface area contributed by atoms with E-state index in [0.29, 0.717) is 5.69 Å². The number of benzene rings is 1. The van der Waals surface area contributed by atoms with Gasteiger partial charge in [-0.05, 0) is 23.8 Å². The first kappa shape index (κ1) is 10.5. The van der Waals surface area contributed by atoms with E-state index in [1.165, 1.54) is 18.2 Å². The van der Waals surface area contributed by atoms with Gasteiger partial charge in [-0.25, -0.2) is 8.78 Å². The van der Waals surface area contributed by atoms with Crippen molar-refractivity contribution in [2.24, 2.45) is 0 Å². The van der Waals surface area contributed by atoms with Crippen molar-refractivity contribution in [2.75, 3.05) is 6.54 Å². The molecule has 0 saturated heterocycles. The Kier molecular flexibility index (Phi) is 2.44. The standard InChI is InChI=1S/C13H12F2N2/c14-9-2-1-3-10(15)13(9)12-6-8-7-16-5-4-11(8)17-12/h1-3,6,16-17H,4-5,7H2. The summed E-state index contributed by atoms with van der Waals surface area (Å²) in [5.74, 6) is -1.06. The minimum absolute atomic E-state index is 0.0295. The smallest absolute Gasteiger partial charge is 0.135 e. The van der Waals surface area contributed by atoms with Crippen molar-refractivity contribution in [3.05, 3.63) is 47.2 Å². The van der Waals surface area contributed by atoms with E-state index < -0.39 is 11.6 Å². The van der Waals surface area contributed by atoms with Gasteiger partial charge in [0.2, 0.25) is 0 Å². The molecule has 0 aliphatic carbocycles. The molecule has 0 atom stereocenters. The summed E-state index contributed by atoms with van der Waals surface area (Å²) in [6.07, 6.45) is 0.866. The van der Waals surface area contributed by atoms with Crippen LogP contribution < -0.4 is 5.32 Å². The van der Waals surface area contributed by atoms with Gasteiger partial charge in [0.05, 0.1) is 11.3 Å². The molecule has 0 fully saturated rings. The number of H-pyrrole nitrogens is 1. The quantitative estimate of drug-likeness (QED) is 0.780. The molecule has 2 heterocycles. The van der Waals surface area contributed by atoms with E-state index >= 15 is 0 Å². The van der Waals surface area contributed by atoms with Crippen LogP contribution in [0.5, 0.6) is 0 Å². The zero-order valence-corrected chi connectivity index (χ0v) is 9.19. The van der Waals surface area contributed by atoms with Crippen LogP contribution in [0.15, 0.2) is 24.3 Å². The topological polar surface area (TPSA) is 27.8 Å². The molecule has 3 rings (SSSR count). The second-order valence-corrected chi connectivity index (χ2v) is 4.21. The molecule has 2 N–H and O–H groups in total. The van der Waals surface area contributed by atoms with Crippen LogP contribution in [0.25, 0.3) is 11.3 Å². The summed E-state index contributed by atoms with van der Waals surface area (Å²) in [6.45, 7) is 1.65. The fourth-order valence-electron chi connectivity index (χ4n) is 2.25. The number of rotatable bonds is 1. The van der Waals surface area contributed by atoms with Crippen LogP contribution >= 0.6 is 0 Å². The summed E-state index contributed by atoms with van der Waals surface area (Å²) in [7, 11) is 0. The average Bonchev–Trinajstić information content (AvgIpc) is 2.71. The first-order chi connectivity index (χ1) is 8.25. The van der Waals surface area contributed by atoms with Crippen molar-refractivity contribution < 1.29 is 8.78 Å². The highest BCUT2D eigenvalue weighted by atomic mass is 19.1. The van der Waals surface area contributed by atoms with E-state index in [2.05, 4.69) is 10.3 Å². The van der Waals surface area contributed by atoms with E-state index in [9.17, 15) is 8.78 Å². The van der Waals surface area contributed by atoms with E-state index in [4.69, 9.17) is 0 Å². The van der Waals surface area contributed by atoms with Crippen LogP contribution in [0.3, 0.4) is 0 Å². The molecular weight excluding hydrogens is 222 g/mol. The summed E-state index contributed by atoms with van der Waals surface area (Å²) in [6, 6.07) is 5.74. The van der Waals surface area contributed by atoms with Crippen LogP contribution in [0, 0.1) is 11.6 Å². The van der Waals surface area contributed by atoms with Gasteiger partial charge >= 0.3 is 0 Å². The number of aromatic nitrogens is 1. The lowest BCUT2D eigenvalue weighted by Gasteiger charge is -2.11. The second kappa shape index (κ2) is 3.96. The molecule has 1 aromatic carbocycles. The highest BCUT2D eigenvalue weighted by Crippen LogP contribution is 2.28. The number of halogens is 2. The lowest BCUT2D eigenvalue weighted by Crippen LogP contribution is -2.22. The summed E-state index contributed by atoms with van der Waals surface area (Å²) < 4.78 is 27.3. The molecule has 0 radical (unpaired) electrons. The Balaban J connectivity index is 2.12. The third kappa shape index (κ3) is 1.74. The lowest BCUT2D eigenvalue weighted by molar-refractivity contribution is 0.588. The van der Waals surface area contributed by atoms with E-state index in [1.54, 1.807) is 0 Å². The molecule has 1 aliphatic heterocycles. The van der Waals surface area contributed by atoms with Gasteiger partial charge in [0, 0.05) is 25.2 Å². The number of aromatic amines is 1. The van der Waals surface area contributed by atoms with Crippen molar-refractivity contribution in [3.63, 3.8) is 0 Å². The Hall–Kier alpha value is -1.68. The van der Waals surface area contributed by atoms with Crippen molar-refractivity contribution in [1.82, 2.24) is 10.3 Å². The molecule has 17 heavy (non-hydrogen) atoms. The average molecular weight is 234 g/mol. The Labute approximate surface area is 97.7 Å². The van der Waals surface area contributed by atoms with E-state index in [-0.39, 0.29) is 5.56 Å². The molecule has 2 nitrogen and oxygen atoms in total. The number of hydrogen-bond donors (Lipinski definition) is 2. The fourth-order valence-corrected chi connectivity index (χ4v) is 2.25. The molecule has 1 aliphatic rings. The van der Waals surface area contributed by atoms with Gasteiger partial charge in [-0.3, -0.25) is 0 Å². The predicted molar refractivity (Wildman–Crippen MR) is 61.6 cm³/mol. The van der Waals surface area contributed by atoms with Gasteiger partial charge in [-0.15, -0.1) is 0 Å². The first-order valence-electron chi connectivity index (χ1n) is 5.61. The molecule has 0 unspecified atom stereocenters. The maximum absolute atomic E-state index is 13.6. The van der Waals surface area contributed by atoms with E-state index in [0.717, 1.165) is 30.8 Å². The fraction of sp³-hybridized carbons (Fsp3) is 0.231. The molecule has 4 heteroatoms. The zero-order valence-electron chi connectivity index (χ0n) is 9.19. The third-order valence-electron chi connectivity index (χ3n) is 3.09. The van der Waals surface area contributed by atoms with Crippen LogP contribution in [0.4, 0.5) is 8.78 Å². The molecule has 1 aromatic heterocycles. The van der Waals surface area contributed by atoms with Crippen LogP contribution in [-0.4, -0.2) is 11.5 Å². The SMILES string of the molecule is Fc1cccc(F)c1-c1cc2c([nH]1)CCNC2. The van der Waals surface area contributed by atoms with Crippen molar-refractivity contribution >= 4 is 0 Å². The Morgan fingerprint density at radius 3 is 2.59 bits per heavy atom. The monoisotopic (exact) mass is 234 g/mol. The Morgan fingerprint density at radius 2 is 1.88 bits per heavy atom. The molecule has 0 spiro atoms. The number of fused-ring (bicyclic) bond motifs is 1. The van der Waals surface area contributed by atoms with Crippen molar-refractivity contribution in [1.29, 1.82) is 0 Å². The van der Waals surface area contributed by atoms with Gasteiger partial charge in [-0.2, -0.15) is 0 Å². The third-order valence-corrected chi connectivity index (χ3v) is 3.09. The summed E-state index contributed by atoms with van der Waals surface area (Å²) >= 11 is 0. The van der Waals surface area contributed by atoms with Gasteiger partial charge < -0.3 is 10.3 Å². The summed E-state index contributed by atoms with van der Waals surface area (Å²) in [4.78, 5) is 3.11. The number of hydrogen-bond acceptors (Lipinski definition) is 1. The largest absolute Gasteiger partial charge is 0.358 e. The van der Waals surface area contributed by atoms with Crippen molar-refractivity contribution in [3.8, 4) is 11.3 Å². The van der Waals surface area contributed by atoms with Gasteiger partial charge in [0.25, 0.3) is 0 Å². The molecule has 0 amide bonds. The first-order valence-corrected chi connectivity index (χ1v) is 5.61. The van der Waals surface area contributed by atoms with E-state index in [1.807, 2.05) is 6.07 Å². The normalized spacial score (nSPS) is 14.7. The minimum Gasteiger partial charge on any atom is -0.358 e. The second-order valence-electron chi connectivity index (χ2n) is 4.21. The van der Waals surface area contributed by atoms with Crippen molar-refractivity contribution in [2.45, 2.75) is 13.0 Å². The highest BCUT2D eigenvalue weighted by molar-refractivity contribution is 5.63. The Bertz CT molecular complexity index is 517. The van der Waals surface area contributed by atoms with Gasteiger partial charge in [0.1, 0.15) is 11.6 Å². The molecule has 2 aromatic rings. The van der Waals surface area contributed by atoms with Crippen LogP contribution in [-0.2, 0) is 13.0 Å². The summed E-state index contributed by atoms with van der Waals surface area (Å²) in [5, 5.41) is 3.23. The highest BCUT2D eigenvalue weighted by Gasteiger charge is 2.17. The predicted octanol–water partition coefficient (Wildman–Crippen LogP) is 2.61. The molecule has 0 bridgehead atoms.